The van der Waals surface area contributed by atoms with Gasteiger partial charge in [-0.3, -0.25) is 9.48 Å². The molecule has 0 aliphatic heterocycles. The number of aromatic nitrogens is 5. The van der Waals surface area contributed by atoms with Gasteiger partial charge in [-0.25, -0.2) is 9.97 Å². The molecule has 8 nitrogen and oxygen atoms in total. The highest BCUT2D eigenvalue weighted by Gasteiger charge is 2.16. The summed E-state index contributed by atoms with van der Waals surface area (Å²) in [5, 5.41) is 7.37. The first-order valence-corrected chi connectivity index (χ1v) is 9.16. The summed E-state index contributed by atoms with van der Waals surface area (Å²) in [4.78, 5) is 21.2. The molecule has 0 aliphatic carbocycles. The van der Waals surface area contributed by atoms with Gasteiger partial charge in [-0.2, -0.15) is 5.10 Å². The zero-order valence-electron chi connectivity index (χ0n) is 16.1. The maximum Gasteiger partial charge on any atom is 0.273 e. The van der Waals surface area contributed by atoms with Gasteiger partial charge in [-0.1, -0.05) is 12.1 Å². The minimum Gasteiger partial charge on any atom is -0.446 e. The molecule has 3 heterocycles. The number of nitrogens with one attached hydrogen (secondary N) is 1. The van der Waals surface area contributed by atoms with Gasteiger partial charge >= 0.3 is 0 Å². The molecule has 0 fully saturated rings. The number of imidazole rings is 1. The fraction of sp³-hybridized carbons (Fsp3) is 0.300. The van der Waals surface area contributed by atoms with Crippen molar-refractivity contribution in [2.24, 2.45) is 0 Å². The van der Waals surface area contributed by atoms with Crippen molar-refractivity contribution in [3.8, 4) is 0 Å². The molecule has 0 radical (unpaired) electrons. The molecule has 144 valence electrons. The largest absolute Gasteiger partial charge is 0.446 e. The number of amides is 1. The smallest absolute Gasteiger partial charge is 0.273 e. The maximum absolute atomic E-state index is 12.5. The third-order valence-corrected chi connectivity index (χ3v) is 4.55. The van der Waals surface area contributed by atoms with Gasteiger partial charge in [0.2, 0.25) is 5.89 Å². The second kappa shape index (κ2) is 7.30. The summed E-state index contributed by atoms with van der Waals surface area (Å²) >= 11 is 0. The van der Waals surface area contributed by atoms with Gasteiger partial charge < -0.3 is 14.3 Å². The molecule has 8 heteroatoms. The number of rotatable bonds is 6. The molecule has 4 rings (SSSR count). The number of fused-ring (bicyclic) bond motifs is 1. The average molecular weight is 378 g/mol. The summed E-state index contributed by atoms with van der Waals surface area (Å²) in [6.45, 7) is 6.89. The standard InChI is InChI=1S/C20H22N6O2/c1-13-8-15(3)26(24-13)9-14(2)22-20(27)17-11-28-19(23-17)10-25-12-21-16-6-4-5-7-18(16)25/h4-8,11-12,14H,9-10H2,1-3H3,(H,22,27). The number of hydrogen-bond acceptors (Lipinski definition) is 5. The predicted molar refractivity (Wildman–Crippen MR) is 104 cm³/mol. The Balaban J connectivity index is 1.40. The molecule has 0 saturated heterocycles. The van der Waals surface area contributed by atoms with E-state index in [4.69, 9.17) is 4.42 Å². The van der Waals surface area contributed by atoms with Crippen LogP contribution >= 0.6 is 0 Å². The van der Waals surface area contributed by atoms with E-state index in [2.05, 4.69) is 20.4 Å². The van der Waals surface area contributed by atoms with Crippen molar-refractivity contribution in [3.63, 3.8) is 0 Å². The molecule has 0 saturated carbocycles. The van der Waals surface area contributed by atoms with Crippen LogP contribution in [0.2, 0.25) is 0 Å². The maximum atomic E-state index is 12.5. The Kier molecular flexibility index (Phi) is 4.68. The van der Waals surface area contributed by atoms with Crippen molar-refractivity contribution in [3.05, 3.63) is 65.9 Å². The van der Waals surface area contributed by atoms with E-state index in [-0.39, 0.29) is 17.6 Å². The predicted octanol–water partition coefficient (Wildman–Crippen LogP) is 2.70. The van der Waals surface area contributed by atoms with Gasteiger partial charge in [0.1, 0.15) is 12.8 Å². The SMILES string of the molecule is Cc1cc(C)n(CC(C)NC(=O)c2coc(Cn3cnc4ccccc43)n2)n1. The third kappa shape index (κ3) is 3.66. The highest BCUT2D eigenvalue weighted by Crippen LogP contribution is 2.14. The third-order valence-electron chi connectivity index (χ3n) is 4.55. The number of aryl methyl sites for hydroxylation is 2. The summed E-state index contributed by atoms with van der Waals surface area (Å²) in [6.07, 6.45) is 3.13. The van der Waals surface area contributed by atoms with Gasteiger partial charge in [-0.05, 0) is 39.0 Å². The molecule has 3 aromatic heterocycles. The first-order valence-electron chi connectivity index (χ1n) is 9.16. The van der Waals surface area contributed by atoms with Crippen LogP contribution in [0.15, 0.2) is 47.3 Å². The molecule has 0 bridgehead atoms. The van der Waals surface area contributed by atoms with Crippen molar-refractivity contribution in [2.45, 2.75) is 39.9 Å². The highest BCUT2D eigenvalue weighted by atomic mass is 16.3. The number of carbonyl (C=O) groups is 1. The van der Waals surface area contributed by atoms with Crippen molar-refractivity contribution in [2.75, 3.05) is 0 Å². The van der Waals surface area contributed by atoms with Gasteiger partial charge in [0.25, 0.3) is 5.91 Å². The Bertz CT molecular complexity index is 1120. The number of carbonyl (C=O) groups excluding carboxylic acids is 1. The zero-order valence-corrected chi connectivity index (χ0v) is 16.1. The molecule has 1 aromatic carbocycles. The molecule has 0 spiro atoms. The van der Waals surface area contributed by atoms with E-state index in [9.17, 15) is 4.79 Å². The van der Waals surface area contributed by atoms with E-state index >= 15 is 0 Å². The Hall–Kier alpha value is -3.42. The van der Waals surface area contributed by atoms with Crippen LogP contribution in [0.25, 0.3) is 11.0 Å². The van der Waals surface area contributed by atoms with Crippen LogP contribution in [0.5, 0.6) is 0 Å². The molecular formula is C20H22N6O2. The lowest BCUT2D eigenvalue weighted by atomic mass is 10.3. The molecule has 0 aliphatic rings. The van der Waals surface area contributed by atoms with Crippen molar-refractivity contribution < 1.29 is 9.21 Å². The summed E-state index contributed by atoms with van der Waals surface area (Å²) in [7, 11) is 0. The molecule has 4 aromatic rings. The quantitative estimate of drug-likeness (QED) is 0.557. The van der Waals surface area contributed by atoms with Gasteiger partial charge in [0.15, 0.2) is 5.69 Å². The molecular weight excluding hydrogens is 356 g/mol. The normalized spacial score (nSPS) is 12.4. The lowest BCUT2D eigenvalue weighted by molar-refractivity contribution is 0.0930. The van der Waals surface area contributed by atoms with Crippen LogP contribution in [-0.2, 0) is 13.1 Å². The fourth-order valence-corrected chi connectivity index (χ4v) is 3.23. The minimum absolute atomic E-state index is 0.0942. The molecule has 28 heavy (non-hydrogen) atoms. The fourth-order valence-electron chi connectivity index (χ4n) is 3.23. The van der Waals surface area contributed by atoms with Crippen molar-refractivity contribution in [1.29, 1.82) is 0 Å². The Morgan fingerprint density at radius 1 is 1.29 bits per heavy atom. The first kappa shape index (κ1) is 18.0. The number of oxazole rings is 1. The summed E-state index contributed by atoms with van der Waals surface area (Å²) in [6, 6.07) is 9.75. The first-order chi connectivity index (χ1) is 13.5. The second-order valence-corrected chi connectivity index (χ2v) is 6.97. The minimum atomic E-state index is -0.264. The number of benzene rings is 1. The topological polar surface area (TPSA) is 90.8 Å². The summed E-state index contributed by atoms with van der Waals surface area (Å²) in [5.41, 5.74) is 4.19. The van der Waals surface area contributed by atoms with Crippen LogP contribution in [0.1, 0.15) is 34.7 Å². The number of hydrogen-bond donors (Lipinski definition) is 1. The van der Waals surface area contributed by atoms with Gasteiger partial charge in [0, 0.05) is 11.7 Å². The monoisotopic (exact) mass is 378 g/mol. The van der Waals surface area contributed by atoms with Crippen molar-refractivity contribution in [1.82, 2.24) is 29.6 Å². The zero-order chi connectivity index (χ0) is 19.7. The number of para-hydroxylation sites is 2. The Morgan fingerprint density at radius 3 is 2.89 bits per heavy atom. The Labute approximate surface area is 162 Å². The van der Waals surface area contributed by atoms with Crippen molar-refractivity contribution >= 4 is 16.9 Å². The van der Waals surface area contributed by atoms with Crippen LogP contribution in [0.3, 0.4) is 0 Å². The van der Waals surface area contributed by atoms with E-state index in [0.29, 0.717) is 19.0 Å². The van der Waals surface area contributed by atoms with E-state index < -0.39 is 0 Å². The average Bonchev–Trinajstić information content (AvgIpc) is 3.36. The lowest BCUT2D eigenvalue weighted by Crippen LogP contribution is -2.36. The molecule has 1 amide bonds. The van der Waals surface area contributed by atoms with E-state index in [1.807, 2.05) is 60.4 Å². The number of nitrogens with zero attached hydrogens (tertiary/aromatic N) is 5. The van der Waals surface area contributed by atoms with Crippen LogP contribution < -0.4 is 5.32 Å². The molecule has 1 N–H and O–H groups in total. The van der Waals surface area contributed by atoms with Crippen LogP contribution in [-0.4, -0.2) is 36.3 Å². The summed E-state index contributed by atoms with van der Waals surface area (Å²) < 4.78 is 9.32. The lowest BCUT2D eigenvalue weighted by Gasteiger charge is -2.14. The summed E-state index contributed by atoms with van der Waals surface area (Å²) in [5.74, 6) is 0.194. The van der Waals surface area contributed by atoms with Crippen LogP contribution in [0.4, 0.5) is 0 Å². The van der Waals surface area contributed by atoms with Gasteiger partial charge in [0.05, 0.1) is 29.6 Å². The van der Waals surface area contributed by atoms with E-state index in [0.717, 1.165) is 22.4 Å². The van der Waals surface area contributed by atoms with Crippen LogP contribution in [0, 0.1) is 13.8 Å². The Morgan fingerprint density at radius 2 is 2.11 bits per heavy atom. The molecule has 1 unspecified atom stereocenters. The second-order valence-electron chi connectivity index (χ2n) is 6.97. The van der Waals surface area contributed by atoms with E-state index in [1.54, 1.807) is 6.33 Å². The molecule has 1 atom stereocenters. The van der Waals surface area contributed by atoms with E-state index in [1.165, 1.54) is 6.26 Å². The van der Waals surface area contributed by atoms with Gasteiger partial charge in [-0.15, -0.1) is 0 Å². The highest BCUT2D eigenvalue weighted by molar-refractivity contribution is 5.92.